The highest BCUT2D eigenvalue weighted by molar-refractivity contribution is 5.19. The van der Waals surface area contributed by atoms with Crippen molar-refractivity contribution in [3.8, 4) is 0 Å². The van der Waals surface area contributed by atoms with Gasteiger partial charge in [-0.25, -0.2) is 8.78 Å². The van der Waals surface area contributed by atoms with E-state index in [0.29, 0.717) is 18.5 Å². The van der Waals surface area contributed by atoms with Crippen LogP contribution in [0.25, 0.3) is 0 Å². The van der Waals surface area contributed by atoms with Gasteiger partial charge in [0.15, 0.2) is 0 Å². The molecule has 0 bridgehead atoms. The summed E-state index contributed by atoms with van der Waals surface area (Å²) in [5.74, 6) is -1.24. The summed E-state index contributed by atoms with van der Waals surface area (Å²) in [6, 6.07) is 3.32. The lowest BCUT2D eigenvalue weighted by atomic mass is 10.1. The quantitative estimate of drug-likeness (QED) is 0.769. The van der Waals surface area contributed by atoms with Crippen LogP contribution in [0.15, 0.2) is 18.2 Å². The van der Waals surface area contributed by atoms with Gasteiger partial charge in [0, 0.05) is 12.5 Å². The number of aliphatic hydroxyl groups excluding tert-OH is 1. The van der Waals surface area contributed by atoms with E-state index in [9.17, 15) is 13.9 Å². The van der Waals surface area contributed by atoms with E-state index in [1.165, 1.54) is 12.1 Å². The molecule has 0 amide bonds. The summed E-state index contributed by atoms with van der Waals surface area (Å²) in [7, 11) is 0. The Balaban J connectivity index is 2.67. The molecule has 78 valence electrons. The zero-order chi connectivity index (χ0) is 10.6. The Hall–Kier alpha value is -1.00. The molecule has 14 heavy (non-hydrogen) atoms. The SMILES string of the molecule is NCCC(O)Cc1ccc(F)cc1F. The molecule has 0 aliphatic carbocycles. The van der Waals surface area contributed by atoms with Crippen molar-refractivity contribution in [1.29, 1.82) is 0 Å². The van der Waals surface area contributed by atoms with E-state index in [-0.39, 0.29) is 6.42 Å². The fourth-order valence-corrected chi connectivity index (χ4v) is 1.24. The lowest BCUT2D eigenvalue weighted by molar-refractivity contribution is 0.166. The van der Waals surface area contributed by atoms with Crippen LogP contribution in [0.2, 0.25) is 0 Å². The molecule has 1 rings (SSSR count). The second kappa shape index (κ2) is 5.02. The molecule has 0 aromatic heterocycles. The van der Waals surface area contributed by atoms with E-state index in [2.05, 4.69) is 0 Å². The molecular formula is C10H13F2NO. The third kappa shape index (κ3) is 3.05. The first-order chi connectivity index (χ1) is 6.63. The largest absolute Gasteiger partial charge is 0.393 e. The van der Waals surface area contributed by atoms with Crippen LogP contribution in [0.1, 0.15) is 12.0 Å². The van der Waals surface area contributed by atoms with Crippen LogP contribution in [-0.4, -0.2) is 17.8 Å². The molecule has 4 heteroatoms. The molecule has 1 atom stereocenters. The number of aliphatic hydroxyl groups is 1. The minimum Gasteiger partial charge on any atom is -0.393 e. The lowest BCUT2D eigenvalue weighted by Gasteiger charge is -2.09. The van der Waals surface area contributed by atoms with Crippen LogP contribution < -0.4 is 5.73 Å². The van der Waals surface area contributed by atoms with Gasteiger partial charge in [0.1, 0.15) is 11.6 Å². The molecule has 0 saturated heterocycles. The molecule has 0 fully saturated rings. The van der Waals surface area contributed by atoms with E-state index < -0.39 is 17.7 Å². The molecule has 0 aliphatic heterocycles. The van der Waals surface area contributed by atoms with Crippen molar-refractivity contribution in [3.63, 3.8) is 0 Å². The lowest BCUT2D eigenvalue weighted by Crippen LogP contribution is -2.16. The van der Waals surface area contributed by atoms with Crippen molar-refractivity contribution in [2.75, 3.05) is 6.54 Å². The first-order valence-corrected chi connectivity index (χ1v) is 4.45. The maximum atomic E-state index is 13.1. The fourth-order valence-electron chi connectivity index (χ4n) is 1.24. The van der Waals surface area contributed by atoms with Crippen molar-refractivity contribution in [1.82, 2.24) is 0 Å². The second-order valence-electron chi connectivity index (χ2n) is 3.17. The summed E-state index contributed by atoms with van der Waals surface area (Å²) in [4.78, 5) is 0. The van der Waals surface area contributed by atoms with Crippen molar-refractivity contribution in [2.24, 2.45) is 5.73 Å². The highest BCUT2D eigenvalue weighted by atomic mass is 19.1. The summed E-state index contributed by atoms with van der Waals surface area (Å²) in [5, 5.41) is 9.36. The topological polar surface area (TPSA) is 46.2 Å². The van der Waals surface area contributed by atoms with Gasteiger partial charge in [-0.15, -0.1) is 0 Å². The summed E-state index contributed by atoms with van der Waals surface area (Å²) in [6.07, 6.45) is -0.0832. The van der Waals surface area contributed by atoms with Crippen LogP contribution in [0.4, 0.5) is 8.78 Å². The third-order valence-electron chi connectivity index (χ3n) is 1.97. The normalized spacial score (nSPS) is 12.9. The summed E-state index contributed by atoms with van der Waals surface area (Å²) in [6.45, 7) is 0.351. The monoisotopic (exact) mass is 201 g/mol. The molecule has 1 aromatic carbocycles. The average Bonchev–Trinajstić information content (AvgIpc) is 2.10. The van der Waals surface area contributed by atoms with Gasteiger partial charge in [-0.3, -0.25) is 0 Å². The zero-order valence-corrected chi connectivity index (χ0v) is 7.71. The highest BCUT2D eigenvalue weighted by Crippen LogP contribution is 2.12. The molecule has 0 aliphatic rings. The van der Waals surface area contributed by atoms with E-state index in [4.69, 9.17) is 5.73 Å². The number of rotatable bonds is 4. The van der Waals surface area contributed by atoms with Crippen LogP contribution in [0.3, 0.4) is 0 Å². The van der Waals surface area contributed by atoms with Crippen LogP contribution >= 0.6 is 0 Å². The molecule has 1 aromatic rings. The number of nitrogens with two attached hydrogens (primary N) is 1. The van der Waals surface area contributed by atoms with Gasteiger partial charge in [-0.2, -0.15) is 0 Å². The smallest absolute Gasteiger partial charge is 0.129 e. The Labute approximate surface area is 81.4 Å². The van der Waals surface area contributed by atoms with Crippen molar-refractivity contribution in [3.05, 3.63) is 35.4 Å². The fraction of sp³-hybridized carbons (Fsp3) is 0.400. The predicted octanol–water partition coefficient (Wildman–Crippen LogP) is 1.22. The standard InChI is InChI=1S/C10H13F2NO/c11-8-2-1-7(10(12)6-8)5-9(14)3-4-13/h1-2,6,9,14H,3-5,13H2. The van der Waals surface area contributed by atoms with E-state index >= 15 is 0 Å². The van der Waals surface area contributed by atoms with Gasteiger partial charge >= 0.3 is 0 Å². The van der Waals surface area contributed by atoms with Crippen LogP contribution in [-0.2, 0) is 6.42 Å². The van der Waals surface area contributed by atoms with E-state index in [1.807, 2.05) is 0 Å². The number of halogens is 2. The Morgan fingerprint density at radius 3 is 2.64 bits per heavy atom. The molecule has 0 heterocycles. The van der Waals surface area contributed by atoms with Gasteiger partial charge < -0.3 is 10.8 Å². The minimum absolute atomic E-state index is 0.170. The summed E-state index contributed by atoms with van der Waals surface area (Å²) in [5.41, 5.74) is 5.54. The Morgan fingerprint density at radius 2 is 2.07 bits per heavy atom. The van der Waals surface area contributed by atoms with Crippen LogP contribution in [0, 0.1) is 11.6 Å². The van der Waals surface area contributed by atoms with Gasteiger partial charge in [0.05, 0.1) is 6.10 Å². The number of benzene rings is 1. The Bertz CT molecular complexity index is 304. The average molecular weight is 201 g/mol. The van der Waals surface area contributed by atoms with Crippen molar-refractivity contribution >= 4 is 0 Å². The molecule has 2 nitrogen and oxygen atoms in total. The second-order valence-corrected chi connectivity index (χ2v) is 3.17. The number of hydrogen-bond acceptors (Lipinski definition) is 2. The first-order valence-electron chi connectivity index (χ1n) is 4.45. The van der Waals surface area contributed by atoms with Gasteiger partial charge in [0.2, 0.25) is 0 Å². The highest BCUT2D eigenvalue weighted by Gasteiger charge is 2.09. The molecule has 0 radical (unpaired) electrons. The third-order valence-corrected chi connectivity index (χ3v) is 1.97. The maximum absolute atomic E-state index is 13.1. The van der Waals surface area contributed by atoms with Gasteiger partial charge in [-0.05, 0) is 24.6 Å². The van der Waals surface area contributed by atoms with Crippen molar-refractivity contribution < 1.29 is 13.9 Å². The van der Waals surface area contributed by atoms with Gasteiger partial charge in [0.25, 0.3) is 0 Å². The summed E-state index contributed by atoms with van der Waals surface area (Å²) >= 11 is 0. The maximum Gasteiger partial charge on any atom is 0.129 e. The van der Waals surface area contributed by atoms with Crippen LogP contribution in [0.5, 0.6) is 0 Å². The van der Waals surface area contributed by atoms with Crippen molar-refractivity contribution in [2.45, 2.75) is 18.9 Å². The molecule has 0 spiro atoms. The predicted molar refractivity (Wildman–Crippen MR) is 49.7 cm³/mol. The first kappa shape index (κ1) is 11.1. The van der Waals surface area contributed by atoms with E-state index in [1.54, 1.807) is 0 Å². The molecular weight excluding hydrogens is 188 g/mol. The number of hydrogen-bond donors (Lipinski definition) is 2. The van der Waals surface area contributed by atoms with E-state index in [0.717, 1.165) is 6.07 Å². The molecule has 1 unspecified atom stereocenters. The van der Waals surface area contributed by atoms with Gasteiger partial charge in [-0.1, -0.05) is 6.07 Å². The minimum atomic E-state index is -0.667. The Kier molecular flexibility index (Phi) is 3.98. The summed E-state index contributed by atoms with van der Waals surface area (Å²) < 4.78 is 25.6. The Morgan fingerprint density at radius 1 is 1.36 bits per heavy atom. The zero-order valence-electron chi connectivity index (χ0n) is 7.71. The molecule has 0 saturated carbocycles. The molecule has 3 N–H and O–H groups in total.